The lowest BCUT2D eigenvalue weighted by Crippen LogP contribution is -2.52. The minimum Gasteiger partial charge on any atom is -0.467 e. The van der Waals surface area contributed by atoms with Gasteiger partial charge in [0.05, 0.1) is 12.0 Å². The van der Waals surface area contributed by atoms with Crippen molar-refractivity contribution in [2.45, 2.75) is 51.0 Å². The van der Waals surface area contributed by atoms with Gasteiger partial charge in [0.1, 0.15) is 5.54 Å². The number of aryl methyl sites for hydroxylation is 2. The summed E-state index contributed by atoms with van der Waals surface area (Å²) in [5.74, 6) is -1.10. The Bertz CT molecular complexity index is 1050. The molecular weight excluding hydrogens is 404 g/mol. The van der Waals surface area contributed by atoms with Gasteiger partial charge < -0.3 is 10.1 Å². The lowest BCUT2D eigenvalue weighted by Gasteiger charge is -2.28. The van der Waals surface area contributed by atoms with Crippen LogP contribution in [-0.4, -0.2) is 32.9 Å². The Balaban J connectivity index is 2.36. The molecule has 0 saturated heterocycles. The molecular formula is C22H28N2O5S. The van der Waals surface area contributed by atoms with Crippen LogP contribution in [0, 0.1) is 13.8 Å². The number of amides is 1. The molecule has 0 aromatic heterocycles. The number of nitrogens with one attached hydrogen (secondary N) is 2. The second-order valence-electron chi connectivity index (χ2n) is 7.48. The Morgan fingerprint density at radius 1 is 1.10 bits per heavy atom. The molecule has 1 atom stereocenters. The van der Waals surface area contributed by atoms with Gasteiger partial charge in [-0.2, -0.15) is 0 Å². The number of methoxy groups -OCH3 is 1. The second kappa shape index (κ2) is 9.30. The summed E-state index contributed by atoms with van der Waals surface area (Å²) in [5, 5.41) is 2.71. The van der Waals surface area contributed by atoms with Gasteiger partial charge in [-0.3, -0.25) is 9.52 Å². The standard InChI is InChI=1S/C22H28N2O5S/c1-6-12-22(4,21(26)29-5)23-20(25)19-14-18(11-10-16(19)3)30(27,28)24-17-9-7-8-15(2)13-17/h7-11,13-14,24H,6,12H2,1-5H3,(H,23,25). The molecule has 0 bridgehead atoms. The van der Waals surface area contributed by atoms with Crippen molar-refractivity contribution in [2.24, 2.45) is 0 Å². The SMILES string of the molecule is CCCC(C)(NC(=O)c1cc(S(=O)(=O)Nc2cccc(C)c2)ccc1C)C(=O)OC. The largest absolute Gasteiger partial charge is 0.467 e. The summed E-state index contributed by atoms with van der Waals surface area (Å²) in [7, 11) is -2.64. The van der Waals surface area contributed by atoms with E-state index in [1.807, 2.05) is 19.9 Å². The van der Waals surface area contributed by atoms with Crippen LogP contribution in [-0.2, 0) is 19.6 Å². The fraction of sp³-hybridized carbons (Fsp3) is 0.364. The highest BCUT2D eigenvalue weighted by atomic mass is 32.2. The van der Waals surface area contributed by atoms with Crippen LogP contribution < -0.4 is 10.0 Å². The number of rotatable bonds is 8. The molecule has 0 aliphatic heterocycles. The third kappa shape index (κ3) is 5.38. The molecule has 0 heterocycles. The van der Waals surface area contributed by atoms with Gasteiger partial charge in [0.2, 0.25) is 0 Å². The van der Waals surface area contributed by atoms with Crippen LogP contribution in [0.4, 0.5) is 5.69 Å². The minimum absolute atomic E-state index is 0.0463. The summed E-state index contributed by atoms with van der Waals surface area (Å²) >= 11 is 0. The number of hydrogen-bond acceptors (Lipinski definition) is 5. The van der Waals surface area contributed by atoms with Crippen molar-refractivity contribution in [1.29, 1.82) is 0 Å². The Hall–Kier alpha value is -2.87. The summed E-state index contributed by atoms with van der Waals surface area (Å²) in [5.41, 5.74) is 0.904. The number of hydrogen-bond donors (Lipinski definition) is 2. The van der Waals surface area contributed by atoms with Crippen molar-refractivity contribution in [1.82, 2.24) is 5.32 Å². The molecule has 0 aliphatic rings. The zero-order valence-corrected chi connectivity index (χ0v) is 18.7. The highest BCUT2D eigenvalue weighted by Gasteiger charge is 2.35. The number of carbonyl (C=O) groups is 2. The van der Waals surface area contributed by atoms with Crippen molar-refractivity contribution < 1.29 is 22.7 Å². The highest BCUT2D eigenvalue weighted by molar-refractivity contribution is 7.92. The van der Waals surface area contributed by atoms with E-state index in [0.29, 0.717) is 24.1 Å². The van der Waals surface area contributed by atoms with E-state index in [1.54, 1.807) is 38.1 Å². The molecule has 0 radical (unpaired) electrons. The first-order valence-electron chi connectivity index (χ1n) is 9.63. The molecule has 0 fully saturated rings. The van der Waals surface area contributed by atoms with E-state index in [9.17, 15) is 18.0 Å². The maximum absolute atomic E-state index is 12.9. The molecule has 0 spiro atoms. The van der Waals surface area contributed by atoms with Crippen LogP contribution >= 0.6 is 0 Å². The van der Waals surface area contributed by atoms with E-state index >= 15 is 0 Å². The molecule has 7 nitrogen and oxygen atoms in total. The van der Waals surface area contributed by atoms with Crippen LogP contribution in [0.3, 0.4) is 0 Å². The fourth-order valence-electron chi connectivity index (χ4n) is 3.19. The van der Waals surface area contributed by atoms with Gasteiger partial charge in [0, 0.05) is 11.3 Å². The van der Waals surface area contributed by atoms with E-state index in [1.165, 1.54) is 19.2 Å². The number of carbonyl (C=O) groups excluding carboxylic acids is 2. The van der Waals surface area contributed by atoms with Crippen LogP contribution in [0.2, 0.25) is 0 Å². The summed E-state index contributed by atoms with van der Waals surface area (Å²) in [6.45, 7) is 7.05. The molecule has 8 heteroatoms. The Kier molecular flexibility index (Phi) is 7.25. The minimum atomic E-state index is -3.90. The first-order chi connectivity index (χ1) is 14.0. The molecule has 2 aromatic rings. The quantitative estimate of drug-likeness (QED) is 0.621. The van der Waals surface area contributed by atoms with E-state index < -0.39 is 27.4 Å². The maximum Gasteiger partial charge on any atom is 0.331 e. The Morgan fingerprint density at radius 2 is 1.80 bits per heavy atom. The van der Waals surface area contributed by atoms with Crippen LogP contribution in [0.25, 0.3) is 0 Å². The third-order valence-electron chi connectivity index (χ3n) is 4.81. The summed E-state index contributed by atoms with van der Waals surface area (Å²) in [4.78, 5) is 25.1. The predicted octanol–water partition coefficient (Wildman–Crippen LogP) is 3.57. The number of anilines is 1. The van der Waals surface area contributed by atoms with Crippen molar-refractivity contribution in [3.63, 3.8) is 0 Å². The first-order valence-corrected chi connectivity index (χ1v) is 11.1. The first kappa shape index (κ1) is 23.4. The maximum atomic E-state index is 12.9. The van der Waals surface area contributed by atoms with Gasteiger partial charge in [-0.1, -0.05) is 31.5 Å². The van der Waals surface area contributed by atoms with E-state index in [-0.39, 0.29) is 10.5 Å². The van der Waals surface area contributed by atoms with Crippen molar-refractivity contribution in [3.05, 3.63) is 59.2 Å². The van der Waals surface area contributed by atoms with Gasteiger partial charge in [-0.25, -0.2) is 13.2 Å². The summed E-state index contributed by atoms with van der Waals surface area (Å²) < 4.78 is 33.0. The van der Waals surface area contributed by atoms with Gasteiger partial charge in [0.15, 0.2) is 0 Å². The number of benzene rings is 2. The van der Waals surface area contributed by atoms with Crippen LogP contribution in [0.5, 0.6) is 0 Å². The van der Waals surface area contributed by atoms with Crippen LogP contribution in [0.15, 0.2) is 47.4 Å². The topological polar surface area (TPSA) is 102 Å². The molecule has 162 valence electrons. The van der Waals surface area contributed by atoms with Gasteiger partial charge >= 0.3 is 5.97 Å². The van der Waals surface area contributed by atoms with Crippen molar-refractivity contribution in [2.75, 3.05) is 11.8 Å². The van der Waals surface area contributed by atoms with E-state index in [0.717, 1.165) is 5.56 Å². The molecule has 30 heavy (non-hydrogen) atoms. The highest BCUT2D eigenvalue weighted by Crippen LogP contribution is 2.22. The molecule has 2 aromatic carbocycles. The average molecular weight is 433 g/mol. The molecule has 0 saturated carbocycles. The van der Waals surface area contributed by atoms with E-state index in [2.05, 4.69) is 10.0 Å². The second-order valence-corrected chi connectivity index (χ2v) is 9.16. The predicted molar refractivity (Wildman–Crippen MR) is 116 cm³/mol. The molecule has 0 aliphatic carbocycles. The third-order valence-corrected chi connectivity index (χ3v) is 6.19. The molecule has 1 unspecified atom stereocenters. The molecule has 2 N–H and O–H groups in total. The van der Waals surface area contributed by atoms with Crippen molar-refractivity contribution >= 4 is 27.6 Å². The fourth-order valence-corrected chi connectivity index (χ4v) is 4.27. The number of sulfonamides is 1. The van der Waals surface area contributed by atoms with Gasteiger partial charge in [-0.05, 0) is 62.6 Å². The zero-order chi connectivity index (χ0) is 22.5. The lowest BCUT2D eigenvalue weighted by atomic mass is 9.95. The number of ether oxygens (including phenoxy) is 1. The zero-order valence-electron chi connectivity index (χ0n) is 17.9. The normalized spacial score (nSPS) is 13.2. The van der Waals surface area contributed by atoms with Crippen molar-refractivity contribution in [3.8, 4) is 0 Å². The summed E-state index contributed by atoms with van der Waals surface area (Å²) in [6.07, 6.45) is 1.04. The average Bonchev–Trinajstić information content (AvgIpc) is 2.67. The monoisotopic (exact) mass is 432 g/mol. The Morgan fingerprint density at radius 3 is 2.40 bits per heavy atom. The van der Waals surface area contributed by atoms with Crippen LogP contribution in [0.1, 0.15) is 48.2 Å². The Labute approximate surface area is 177 Å². The smallest absolute Gasteiger partial charge is 0.331 e. The molecule has 2 rings (SSSR count). The number of esters is 1. The lowest BCUT2D eigenvalue weighted by molar-refractivity contribution is -0.147. The van der Waals surface area contributed by atoms with Gasteiger partial charge in [0.25, 0.3) is 15.9 Å². The van der Waals surface area contributed by atoms with E-state index in [4.69, 9.17) is 4.74 Å². The van der Waals surface area contributed by atoms with Gasteiger partial charge in [-0.15, -0.1) is 0 Å². The summed E-state index contributed by atoms with van der Waals surface area (Å²) in [6, 6.07) is 11.3. The molecule has 1 amide bonds.